The van der Waals surface area contributed by atoms with Gasteiger partial charge in [0.15, 0.2) is 0 Å². The van der Waals surface area contributed by atoms with Crippen LogP contribution in [0.2, 0.25) is 5.02 Å². The van der Waals surface area contributed by atoms with E-state index in [-0.39, 0.29) is 18.2 Å². The van der Waals surface area contributed by atoms with E-state index in [0.29, 0.717) is 29.5 Å². The Morgan fingerprint density at radius 1 is 1.16 bits per heavy atom. The third kappa shape index (κ3) is 5.80. The van der Waals surface area contributed by atoms with Crippen LogP contribution in [0.1, 0.15) is 18.9 Å². The van der Waals surface area contributed by atoms with Gasteiger partial charge in [0, 0.05) is 31.5 Å². The van der Waals surface area contributed by atoms with Crippen LogP contribution in [0.4, 0.5) is 5.69 Å². The highest BCUT2D eigenvalue weighted by Crippen LogP contribution is 2.27. The highest BCUT2D eigenvalue weighted by molar-refractivity contribution is 6.31. The van der Waals surface area contributed by atoms with Crippen LogP contribution in [0.5, 0.6) is 5.75 Å². The van der Waals surface area contributed by atoms with E-state index in [1.807, 2.05) is 30.3 Å². The number of anilines is 1. The van der Waals surface area contributed by atoms with Crippen LogP contribution in [-0.2, 0) is 16.1 Å². The predicted molar refractivity (Wildman–Crippen MR) is 98.8 cm³/mol. The standard InChI is InChI=1S/C19H21ClN2O3/c1-14(23)22(13-15-6-4-3-5-7-15)11-10-19(24)21-17-12-16(20)8-9-18(17)25-2/h3-9,12H,10-11,13H2,1-2H3,(H,21,24). The summed E-state index contributed by atoms with van der Waals surface area (Å²) in [5.74, 6) is 0.252. The van der Waals surface area contributed by atoms with Gasteiger partial charge in [0.2, 0.25) is 11.8 Å². The fraction of sp³-hybridized carbons (Fsp3) is 0.263. The van der Waals surface area contributed by atoms with E-state index in [1.54, 1.807) is 23.1 Å². The van der Waals surface area contributed by atoms with Gasteiger partial charge in [-0.05, 0) is 23.8 Å². The quantitative estimate of drug-likeness (QED) is 0.818. The Labute approximate surface area is 152 Å². The Morgan fingerprint density at radius 2 is 1.88 bits per heavy atom. The van der Waals surface area contributed by atoms with Crippen LogP contribution in [-0.4, -0.2) is 30.4 Å². The van der Waals surface area contributed by atoms with Gasteiger partial charge in [0.1, 0.15) is 5.75 Å². The topological polar surface area (TPSA) is 58.6 Å². The van der Waals surface area contributed by atoms with Crippen LogP contribution in [0, 0.1) is 0 Å². The highest BCUT2D eigenvalue weighted by atomic mass is 35.5. The normalized spacial score (nSPS) is 10.2. The van der Waals surface area contributed by atoms with Crippen molar-refractivity contribution < 1.29 is 14.3 Å². The van der Waals surface area contributed by atoms with E-state index >= 15 is 0 Å². The fourth-order valence-corrected chi connectivity index (χ4v) is 2.55. The number of ether oxygens (including phenoxy) is 1. The van der Waals surface area contributed by atoms with E-state index in [2.05, 4.69) is 5.32 Å². The summed E-state index contributed by atoms with van der Waals surface area (Å²) in [4.78, 5) is 25.7. The molecule has 0 fully saturated rings. The van der Waals surface area contributed by atoms with E-state index < -0.39 is 0 Å². The summed E-state index contributed by atoms with van der Waals surface area (Å²) in [5.41, 5.74) is 1.53. The molecule has 0 radical (unpaired) electrons. The summed E-state index contributed by atoms with van der Waals surface area (Å²) in [6.45, 7) is 2.31. The minimum atomic E-state index is -0.208. The van der Waals surface area contributed by atoms with Crippen molar-refractivity contribution in [2.75, 3.05) is 19.0 Å². The zero-order valence-electron chi connectivity index (χ0n) is 14.3. The maximum absolute atomic E-state index is 12.2. The molecule has 0 saturated carbocycles. The number of nitrogens with zero attached hydrogens (tertiary/aromatic N) is 1. The molecule has 0 spiro atoms. The number of rotatable bonds is 7. The highest BCUT2D eigenvalue weighted by Gasteiger charge is 2.13. The van der Waals surface area contributed by atoms with E-state index in [0.717, 1.165) is 5.56 Å². The summed E-state index contributed by atoms with van der Waals surface area (Å²) in [7, 11) is 1.52. The van der Waals surface area contributed by atoms with Crippen molar-refractivity contribution in [3.63, 3.8) is 0 Å². The Hall–Kier alpha value is -2.53. The lowest BCUT2D eigenvalue weighted by Gasteiger charge is -2.21. The Bertz CT molecular complexity index is 735. The molecule has 0 aliphatic heterocycles. The van der Waals surface area contributed by atoms with Crippen molar-refractivity contribution in [3.8, 4) is 5.75 Å². The first-order valence-corrected chi connectivity index (χ1v) is 8.30. The van der Waals surface area contributed by atoms with Gasteiger partial charge in [-0.2, -0.15) is 0 Å². The minimum Gasteiger partial charge on any atom is -0.495 e. The van der Waals surface area contributed by atoms with E-state index in [9.17, 15) is 9.59 Å². The Balaban J connectivity index is 1.95. The van der Waals surface area contributed by atoms with Gasteiger partial charge in [0.25, 0.3) is 0 Å². The molecule has 1 N–H and O–H groups in total. The maximum atomic E-state index is 12.2. The number of halogens is 1. The summed E-state index contributed by atoms with van der Waals surface area (Å²) in [5, 5.41) is 3.28. The summed E-state index contributed by atoms with van der Waals surface area (Å²) in [6.07, 6.45) is 0.183. The van der Waals surface area contributed by atoms with E-state index in [1.165, 1.54) is 14.0 Å². The molecular weight excluding hydrogens is 340 g/mol. The monoisotopic (exact) mass is 360 g/mol. The first-order valence-electron chi connectivity index (χ1n) is 7.92. The molecule has 5 nitrogen and oxygen atoms in total. The van der Waals surface area contributed by atoms with Crippen LogP contribution >= 0.6 is 11.6 Å². The lowest BCUT2D eigenvalue weighted by molar-refractivity contribution is -0.129. The summed E-state index contributed by atoms with van der Waals surface area (Å²) in [6, 6.07) is 14.7. The van der Waals surface area contributed by atoms with Gasteiger partial charge in [-0.25, -0.2) is 0 Å². The smallest absolute Gasteiger partial charge is 0.226 e. The lowest BCUT2D eigenvalue weighted by Crippen LogP contribution is -2.31. The molecule has 0 saturated heterocycles. The minimum absolute atomic E-state index is 0.0722. The number of methoxy groups -OCH3 is 1. The SMILES string of the molecule is COc1ccc(Cl)cc1NC(=O)CCN(Cc1ccccc1)C(C)=O. The van der Waals surface area contributed by atoms with Crippen molar-refractivity contribution in [2.45, 2.75) is 19.9 Å². The molecule has 0 aromatic heterocycles. The number of carbonyl (C=O) groups excluding carboxylic acids is 2. The molecule has 25 heavy (non-hydrogen) atoms. The first-order chi connectivity index (χ1) is 12.0. The van der Waals surface area contributed by atoms with Crippen molar-refractivity contribution in [2.24, 2.45) is 0 Å². The second-order valence-corrected chi connectivity index (χ2v) is 6.01. The zero-order valence-corrected chi connectivity index (χ0v) is 15.0. The maximum Gasteiger partial charge on any atom is 0.226 e. The lowest BCUT2D eigenvalue weighted by atomic mass is 10.2. The van der Waals surface area contributed by atoms with Gasteiger partial charge in [-0.1, -0.05) is 41.9 Å². The second kappa shape index (κ2) is 9.08. The van der Waals surface area contributed by atoms with Gasteiger partial charge in [-0.15, -0.1) is 0 Å². The molecule has 2 aromatic rings. The molecule has 2 aromatic carbocycles. The second-order valence-electron chi connectivity index (χ2n) is 5.57. The molecule has 0 aliphatic carbocycles. The van der Waals surface area contributed by atoms with Gasteiger partial charge < -0.3 is 15.0 Å². The Kier molecular flexibility index (Phi) is 6.83. The van der Waals surface area contributed by atoms with Crippen LogP contribution in [0.3, 0.4) is 0 Å². The average Bonchev–Trinajstić information content (AvgIpc) is 2.59. The number of benzene rings is 2. The zero-order chi connectivity index (χ0) is 18.2. The van der Waals surface area contributed by atoms with Crippen molar-refractivity contribution in [1.29, 1.82) is 0 Å². The van der Waals surface area contributed by atoms with Crippen LogP contribution < -0.4 is 10.1 Å². The van der Waals surface area contributed by atoms with Crippen LogP contribution in [0.15, 0.2) is 48.5 Å². The van der Waals surface area contributed by atoms with Gasteiger partial charge >= 0.3 is 0 Å². The number of carbonyl (C=O) groups is 2. The number of nitrogens with one attached hydrogen (secondary N) is 1. The molecular formula is C19H21ClN2O3. The molecule has 0 unspecified atom stereocenters. The third-order valence-corrected chi connectivity index (χ3v) is 3.94. The molecule has 6 heteroatoms. The molecule has 132 valence electrons. The predicted octanol–water partition coefficient (Wildman–Crippen LogP) is 3.73. The van der Waals surface area contributed by atoms with E-state index in [4.69, 9.17) is 16.3 Å². The molecule has 2 rings (SSSR count). The molecule has 0 bridgehead atoms. The van der Waals surface area contributed by atoms with Gasteiger partial charge in [0.05, 0.1) is 12.8 Å². The first kappa shape index (κ1) is 18.8. The average molecular weight is 361 g/mol. The third-order valence-electron chi connectivity index (χ3n) is 3.71. The molecule has 2 amide bonds. The Morgan fingerprint density at radius 3 is 2.52 bits per heavy atom. The van der Waals surface area contributed by atoms with Crippen LogP contribution in [0.25, 0.3) is 0 Å². The number of hydrogen-bond acceptors (Lipinski definition) is 3. The summed E-state index contributed by atoms with van der Waals surface area (Å²) >= 11 is 5.96. The van der Waals surface area contributed by atoms with Crippen molar-refractivity contribution in [1.82, 2.24) is 4.90 Å². The summed E-state index contributed by atoms with van der Waals surface area (Å²) < 4.78 is 5.21. The molecule has 0 heterocycles. The number of hydrogen-bond donors (Lipinski definition) is 1. The van der Waals surface area contributed by atoms with Gasteiger partial charge in [-0.3, -0.25) is 9.59 Å². The largest absolute Gasteiger partial charge is 0.495 e. The van der Waals surface area contributed by atoms with Crippen molar-refractivity contribution >= 4 is 29.1 Å². The molecule has 0 atom stereocenters. The fourth-order valence-electron chi connectivity index (χ4n) is 2.38. The molecule has 0 aliphatic rings. The van der Waals surface area contributed by atoms with Crippen molar-refractivity contribution in [3.05, 3.63) is 59.1 Å². The number of amides is 2.